The molecule has 132 valence electrons. The van der Waals surface area contributed by atoms with E-state index in [0.717, 1.165) is 0 Å². The minimum absolute atomic E-state index is 0.119. The van der Waals surface area contributed by atoms with Crippen LogP contribution in [-0.4, -0.2) is 44.0 Å². The molecule has 8 heteroatoms. The van der Waals surface area contributed by atoms with Crippen molar-refractivity contribution < 1.29 is 17.9 Å². The number of methoxy groups -OCH3 is 1. The van der Waals surface area contributed by atoms with Crippen LogP contribution in [0.1, 0.15) is 16.8 Å². The zero-order chi connectivity index (χ0) is 17.9. The second kappa shape index (κ2) is 7.10. The third-order valence-corrected chi connectivity index (χ3v) is 5.73. The van der Waals surface area contributed by atoms with E-state index in [-0.39, 0.29) is 23.5 Å². The summed E-state index contributed by atoms with van der Waals surface area (Å²) in [7, 11) is -1.36. The van der Waals surface area contributed by atoms with Crippen LogP contribution in [0.2, 0.25) is 0 Å². The molecule has 1 aromatic carbocycles. The SMILES string of the molecule is COc1ccc(NC(=O)c2ccc(NC3CCS(=O)(=O)C3)nc2)cc1. The predicted molar refractivity (Wildman–Crippen MR) is 95.9 cm³/mol. The summed E-state index contributed by atoms with van der Waals surface area (Å²) in [4.78, 5) is 16.4. The molecule has 0 radical (unpaired) electrons. The fraction of sp³-hybridized carbons (Fsp3) is 0.294. The van der Waals surface area contributed by atoms with Gasteiger partial charge in [0.2, 0.25) is 0 Å². The molecule has 2 heterocycles. The smallest absolute Gasteiger partial charge is 0.257 e. The summed E-state index contributed by atoms with van der Waals surface area (Å²) in [6.45, 7) is 0. The highest BCUT2D eigenvalue weighted by atomic mass is 32.2. The number of hydrogen-bond acceptors (Lipinski definition) is 6. The van der Waals surface area contributed by atoms with Crippen LogP contribution in [0.4, 0.5) is 11.5 Å². The Hall–Kier alpha value is -2.61. The molecule has 1 amide bonds. The third kappa shape index (κ3) is 4.48. The summed E-state index contributed by atoms with van der Waals surface area (Å²) in [6.07, 6.45) is 2.04. The molecule has 0 aliphatic carbocycles. The molecule has 1 aliphatic heterocycles. The number of rotatable bonds is 5. The Morgan fingerprint density at radius 1 is 1.20 bits per heavy atom. The van der Waals surface area contributed by atoms with E-state index in [9.17, 15) is 13.2 Å². The van der Waals surface area contributed by atoms with Gasteiger partial charge in [0.1, 0.15) is 11.6 Å². The lowest BCUT2D eigenvalue weighted by atomic mass is 10.2. The molecule has 0 saturated carbocycles. The zero-order valence-electron chi connectivity index (χ0n) is 13.7. The first-order valence-corrected chi connectivity index (χ1v) is 9.66. The number of carbonyl (C=O) groups excluding carboxylic acids is 1. The number of hydrogen-bond donors (Lipinski definition) is 2. The Labute approximate surface area is 146 Å². The molecule has 1 saturated heterocycles. The second-order valence-corrected chi connectivity index (χ2v) is 8.09. The Balaban J connectivity index is 1.60. The zero-order valence-corrected chi connectivity index (χ0v) is 14.5. The predicted octanol–water partition coefficient (Wildman–Crippen LogP) is 1.94. The Kier molecular flexibility index (Phi) is 4.89. The number of pyridine rings is 1. The van der Waals surface area contributed by atoms with Gasteiger partial charge >= 0.3 is 0 Å². The van der Waals surface area contributed by atoms with Crippen LogP contribution in [0.25, 0.3) is 0 Å². The highest BCUT2D eigenvalue weighted by Gasteiger charge is 2.27. The number of nitrogens with zero attached hydrogens (tertiary/aromatic N) is 1. The topological polar surface area (TPSA) is 97.4 Å². The molecule has 0 spiro atoms. The monoisotopic (exact) mass is 361 g/mol. The molecule has 3 rings (SSSR count). The number of nitrogens with one attached hydrogen (secondary N) is 2. The van der Waals surface area contributed by atoms with Gasteiger partial charge in [-0.3, -0.25) is 4.79 Å². The van der Waals surface area contributed by atoms with Crippen molar-refractivity contribution in [2.75, 3.05) is 29.2 Å². The van der Waals surface area contributed by atoms with Gasteiger partial charge in [-0.15, -0.1) is 0 Å². The van der Waals surface area contributed by atoms with Crippen molar-refractivity contribution in [3.8, 4) is 5.75 Å². The van der Waals surface area contributed by atoms with E-state index < -0.39 is 9.84 Å². The van der Waals surface area contributed by atoms with Crippen molar-refractivity contribution >= 4 is 27.2 Å². The normalized spacial score (nSPS) is 18.5. The second-order valence-electron chi connectivity index (χ2n) is 5.86. The van der Waals surface area contributed by atoms with Crippen LogP contribution in [0, 0.1) is 0 Å². The van der Waals surface area contributed by atoms with E-state index in [0.29, 0.717) is 29.2 Å². The first-order valence-electron chi connectivity index (χ1n) is 7.83. The molecule has 2 aromatic rings. The van der Waals surface area contributed by atoms with Crippen molar-refractivity contribution in [3.63, 3.8) is 0 Å². The summed E-state index contributed by atoms with van der Waals surface area (Å²) in [5.74, 6) is 1.32. The van der Waals surface area contributed by atoms with Crippen molar-refractivity contribution in [1.29, 1.82) is 0 Å². The summed E-state index contributed by atoms with van der Waals surface area (Å²) >= 11 is 0. The maximum Gasteiger partial charge on any atom is 0.257 e. The molecule has 1 unspecified atom stereocenters. The van der Waals surface area contributed by atoms with Gasteiger partial charge in [-0.1, -0.05) is 0 Å². The maximum atomic E-state index is 12.2. The van der Waals surface area contributed by atoms with E-state index in [1.54, 1.807) is 43.5 Å². The largest absolute Gasteiger partial charge is 0.497 e. The molecule has 1 aromatic heterocycles. The number of amides is 1. The molecular weight excluding hydrogens is 342 g/mol. The standard InChI is InChI=1S/C17H19N3O4S/c1-24-15-5-3-13(4-6-15)20-17(21)12-2-7-16(18-10-12)19-14-8-9-25(22,23)11-14/h2-7,10,14H,8-9,11H2,1H3,(H,18,19)(H,20,21). The molecule has 1 atom stereocenters. The number of carbonyl (C=O) groups is 1. The number of aromatic nitrogens is 1. The Morgan fingerprint density at radius 2 is 1.96 bits per heavy atom. The molecule has 25 heavy (non-hydrogen) atoms. The van der Waals surface area contributed by atoms with E-state index in [1.165, 1.54) is 6.20 Å². The Morgan fingerprint density at radius 3 is 2.52 bits per heavy atom. The number of sulfone groups is 1. The molecule has 2 N–H and O–H groups in total. The first kappa shape index (κ1) is 17.2. The van der Waals surface area contributed by atoms with Gasteiger partial charge in [0.15, 0.2) is 9.84 Å². The van der Waals surface area contributed by atoms with Crippen molar-refractivity contribution in [2.45, 2.75) is 12.5 Å². The highest BCUT2D eigenvalue weighted by molar-refractivity contribution is 7.91. The molecule has 0 bridgehead atoms. The molecule has 1 fully saturated rings. The highest BCUT2D eigenvalue weighted by Crippen LogP contribution is 2.18. The van der Waals surface area contributed by atoms with E-state index in [1.807, 2.05) is 0 Å². The summed E-state index contributed by atoms with van der Waals surface area (Å²) in [5, 5.41) is 5.87. The van der Waals surface area contributed by atoms with Crippen LogP contribution in [-0.2, 0) is 9.84 Å². The summed E-state index contributed by atoms with van der Waals surface area (Å²) < 4.78 is 28.0. The minimum atomic E-state index is -2.94. The van der Waals surface area contributed by atoms with Gasteiger partial charge in [0.05, 0.1) is 24.2 Å². The van der Waals surface area contributed by atoms with Crippen LogP contribution in [0.3, 0.4) is 0 Å². The van der Waals surface area contributed by atoms with Crippen LogP contribution < -0.4 is 15.4 Å². The average Bonchev–Trinajstić information content (AvgIpc) is 2.94. The first-order chi connectivity index (χ1) is 11.9. The van der Waals surface area contributed by atoms with Gasteiger partial charge in [-0.25, -0.2) is 13.4 Å². The van der Waals surface area contributed by atoms with Crippen molar-refractivity contribution in [3.05, 3.63) is 48.2 Å². The fourth-order valence-electron chi connectivity index (χ4n) is 2.61. The average molecular weight is 361 g/mol. The molecule has 1 aliphatic rings. The molecule has 7 nitrogen and oxygen atoms in total. The van der Waals surface area contributed by atoms with Crippen molar-refractivity contribution in [1.82, 2.24) is 4.98 Å². The van der Waals surface area contributed by atoms with Crippen LogP contribution >= 0.6 is 0 Å². The van der Waals surface area contributed by atoms with E-state index >= 15 is 0 Å². The minimum Gasteiger partial charge on any atom is -0.497 e. The van der Waals surface area contributed by atoms with Gasteiger partial charge in [-0.05, 0) is 42.8 Å². The summed E-state index contributed by atoms with van der Waals surface area (Å²) in [6, 6.07) is 10.2. The van der Waals surface area contributed by atoms with Gasteiger partial charge in [0.25, 0.3) is 5.91 Å². The quantitative estimate of drug-likeness (QED) is 0.845. The van der Waals surface area contributed by atoms with Gasteiger partial charge < -0.3 is 15.4 Å². The Bertz CT molecular complexity index is 848. The summed E-state index contributed by atoms with van der Waals surface area (Å²) in [5.41, 5.74) is 1.07. The number of benzene rings is 1. The van der Waals surface area contributed by atoms with Crippen LogP contribution in [0.5, 0.6) is 5.75 Å². The third-order valence-electron chi connectivity index (χ3n) is 3.96. The number of anilines is 2. The molecular formula is C17H19N3O4S. The number of ether oxygens (including phenoxy) is 1. The van der Waals surface area contributed by atoms with Crippen molar-refractivity contribution in [2.24, 2.45) is 0 Å². The van der Waals surface area contributed by atoms with E-state index in [2.05, 4.69) is 15.6 Å². The van der Waals surface area contributed by atoms with Gasteiger partial charge in [0, 0.05) is 17.9 Å². The van der Waals surface area contributed by atoms with Crippen LogP contribution in [0.15, 0.2) is 42.6 Å². The fourth-order valence-corrected chi connectivity index (χ4v) is 4.28. The lowest BCUT2D eigenvalue weighted by molar-refractivity contribution is 0.102. The van der Waals surface area contributed by atoms with Gasteiger partial charge in [-0.2, -0.15) is 0 Å². The lowest BCUT2D eigenvalue weighted by Crippen LogP contribution is -2.21. The maximum absolute atomic E-state index is 12.2. The lowest BCUT2D eigenvalue weighted by Gasteiger charge is -2.12. The van der Waals surface area contributed by atoms with E-state index in [4.69, 9.17) is 4.74 Å².